The van der Waals surface area contributed by atoms with Crippen LogP contribution in [0.4, 0.5) is 0 Å². The molecule has 0 saturated heterocycles. The van der Waals surface area contributed by atoms with E-state index in [1.54, 1.807) is 18.2 Å². The standard InChI is InChI=1S/C13H8ClNO2S/c14-8-1-2-12-11(5-8)15-13(18-12)7-3-9(16)6-10(17)4-7/h1-6,16-17H. The topological polar surface area (TPSA) is 53.4 Å². The summed E-state index contributed by atoms with van der Waals surface area (Å²) in [6.45, 7) is 0. The Kier molecular flexibility index (Phi) is 2.61. The van der Waals surface area contributed by atoms with Crippen molar-refractivity contribution in [2.24, 2.45) is 0 Å². The van der Waals surface area contributed by atoms with Crippen LogP contribution in [0.25, 0.3) is 20.8 Å². The molecule has 0 aliphatic heterocycles. The van der Waals surface area contributed by atoms with E-state index in [4.69, 9.17) is 11.6 Å². The van der Waals surface area contributed by atoms with Crippen molar-refractivity contribution in [3.63, 3.8) is 0 Å². The molecule has 0 radical (unpaired) electrons. The van der Waals surface area contributed by atoms with Crippen LogP contribution in [0.2, 0.25) is 5.02 Å². The summed E-state index contributed by atoms with van der Waals surface area (Å²) in [7, 11) is 0. The summed E-state index contributed by atoms with van der Waals surface area (Å²) in [6.07, 6.45) is 0. The van der Waals surface area contributed by atoms with E-state index in [2.05, 4.69) is 4.98 Å². The fraction of sp³-hybridized carbons (Fsp3) is 0. The Labute approximate surface area is 112 Å². The van der Waals surface area contributed by atoms with Gasteiger partial charge in [0.2, 0.25) is 0 Å². The lowest BCUT2D eigenvalue weighted by atomic mass is 10.2. The van der Waals surface area contributed by atoms with Gasteiger partial charge in [-0.15, -0.1) is 11.3 Å². The maximum Gasteiger partial charge on any atom is 0.124 e. The SMILES string of the molecule is Oc1cc(O)cc(-c2nc3cc(Cl)ccc3s2)c1. The highest BCUT2D eigenvalue weighted by atomic mass is 35.5. The third kappa shape index (κ3) is 2.00. The van der Waals surface area contributed by atoms with Crippen LogP contribution < -0.4 is 0 Å². The molecule has 0 aliphatic rings. The first-order chi connectivity index (χ1) is 8.61. The van der Waals surface area contributed by atoms with Crippen LogP contribution in [0.5, 0.6) is 11.5 Å². The molecule has 0 fully saturated rings. The molecule has 2 aromatic carbocycles. The lowest BCUT2D eigenvalue weighted by Crippen LogP contribution is -1.76. The van der Waals surface area contributed by atoms with E-state index in [1.165, 1.54) is 17.4 Å². The summed E-state index contributed by atoms with van der Waals surface area (Å²) in [5.74, 6) is 0.0320. The van der Waals surface area contributed by atoms with Gasteiger partial charge in [-0.2, -0.15) is 0 Å². The van der Waals surface area contributed by atoms with Crippen LogP contribution in [0.3, 0.4) is 0 Å². The van der Waals surface area contributed by atoms with E-state index >= 15 is 0 Å². The highest BCUT2D eigenvalue weighted by Gasteiger charge is 2.08. The molecule has 90 valence electrons. The maximum atomic E-state index is 9.47. The first-order valence-corrected chi connectivity index (χ1v) is 6.41. The number of phenolic OH excluding ortho intramolecular Hbond substituents is 2. The number of thiazole rings is 1. The van der Waals surface area contributed by atoms with Gasteiger partial charge in [0.25, 0.3) is 0 Å². The molecule has 0 aliphatic carbocycles. The van der Waals surface area contributed by atoms with Gasteiger partial charge in [0.1, 0.15) is 16.5 Å². The normalized spacial score (nSPS) is 10.9. The second kappa shape index (κ2) is 4.15. The fourth-order valence-electron chi connectivity index (χ4n) is 1.74. The van der Waals surface area contributed by atoms with Crippen molar-refractivity contribution in [3.05, 3.63) is 41.4 Å². The molecule has 0 saturated carbocycles. The molecule has 1 aromatic heterocycles. The summed E-state index contributed by atoms with van der Waals surface area (Å²) in [4.78, 5) is 4.44. The van der Waals surface area contributed by atoms with Gasteiger partial charge in [0.15, 0.2) is 0 Å². The largest absolute Gasteiger partial charge is 0.508 e. The molecule has 0 atom stereocenters. The smallest absolute Gasteiger partial charge is 0.124 e. The molecule has 0 unspecified atom stereocenters. The fourth-order valence-corrected chi connectivity index (χ4v) is 2.84. The number of aromatic hydroxyl groups is 2. The van der Waals surface area contributed by atoms with E-state index in [0.717, 1.165) is 15.2 Å². The Bertz CT molecular complexity index is 719. The Balaban J connectivity index is 2.19. The lowest BCUT2D eigenvalue weighted by molar-refractivity contribution is 0.451. The minimum absolute atomic E-state index is 0.0160. The second-order valence-electron chi connectivity index (χ2n) is 3.87. The zero-order valence-electron chi connectivity index (χ0n) is 9.09. The molecular formula is C13H8ClNO2S. The molecule has 0 spiro atoms. The molecular weight excluding hydrogens is 270 g/mol. The number of hydrogen-bond donors (Lipinski definition) is 2. The number of nitrogens with zero attached hydrogens (tertiary/aromatic N) is 1. The second-order valence-corrected chi connectivity index (χ2v) is 5.34. The van der Waals surface area contributed by atoms with Crippen molar-refractivity contribution < 1.29 is 10.2 Å². The van der Waals surface area contributed by atoms with Crippen LogP contribution in [-0.2, 0) is 0 Å². The van der Waals surface area contributed by atoms with Gasteiger partial charge in [-0.3, -0.25) is 0 Å². The van der Waals surface area contributed by atoms with E-state index < -0.39 is 0 Å². The minimum atomic E-state index is 0.0160. The summed E-state index contributed by atoms with van der Waals surface area (Å²) in [5.41, 5.74) is 1.50. The molecule has 3 rings (SSSR count). The van der Waals surface area contributed by atoms with Crippen molar-refractivity contribution in [1.82, 2.24) is 4.98 Å². The van der Waals surface area contributed by atoms with Crippen molar-refractivity contribution >= 4 is 33.2 Å². The van der Waals surface area contributed by atoms with Crippen molar-refractivity contribution in [1.29, 1.82) is 0 Å². The molecule has 3 nitrogen and oxygen atoms in total. The molecule has 0 amide bonds. The minimum Gasteiger partial charge on any atom is -0.508 e. The van der Waals surface area contributed by atoms with Crippen molar-refractivity contribution in [3.8, 4) is 22.1 Å². The molecule has 0 bridgehead atoms. The average Bonchev–Trinajstić information content (AvgIpc) is 2.70. The summed E-state index contributed by atoms with van der Waals surface area (Å²) >= 11 is 7.39. The Hall–Kier alpha value is -1.78. The van der Waals surface area contributed by atoms with Gasteiger partial charge < -0.3 is 10.2 Å². The molecule has 5 heteroatoms. The predicted molar refractivity (Wildman–Crippen MR) is 73.4 cm³/mol. The van der Waals surface area contributed by atoms with Crippen LogP contribution in [0, 0.1) is 0 Å². The highest BCUT2D eigenvalue weighted by molar-refractivity contribution is 7.21. The quantitative estimate of drug-likeness (QED) is 0.706. The third-order valence-electron chi connectivity index (χ3n) is 2.50. The number of phenols is 2. The lowest BCUT2D eigenvalue weighted by Gasteiger charge is -1.99. The number of rotatable bonds is 1. The number of halogens is 1. The Morgan fingerprint density at radius 1 is 1.00 bits per heavy atom. The van der Waals surface area contributed by atoms with Gasteiger partial charge in [-0.05, 0) is 30.3 Å². The monoisotopic (exact) mass is 277 g/mol. The number of fused-ring (bicyclic) bond motifs is 1. The number of hydrogen-bond acceptors (Lipinski definition) is 4. The van der Waals surface area contributed by atoms with Gasteiger partial charge >= 0.3 is 0 Å². The van der Waals surface area contributed by atoms with E-state index in [9.17, 15) is 10.2 Å². The third-order valence-corrected chi connectivity index (χ3v) is 3.82. The first-order valence-electron chi connectivity index (χ1n) is 5.21. The van der Waals surface area contributed by atoms with Gasteiger partial charge in [0.05, 0.1) is 10.2 Å². The molecule has 18 heavy (non-hydrogen) atoms. The van der Waals surface area contributed by atoms with Crippen LogP contribution in [0.1, 0.15) is 0 Å². The first kappa shape index (κ1) is 11.3. The summed E-state index contributed by atoms with van der Waals surface area (Å²) < 4.78 is 1.01. The average molecular weight is 278 g/mol. The predicted octanol–water partition coefficient (Wildman–Crippen LogP) is 4.03. The van der Waals surface area contributed by atoms with E-state index in [-0.39, 0.29) is 11.5 Å². The zero-order valence-corrected chi connectivity index (χ0v) is 10.7. The van der Waals surface area contributed by atoms with Crippen LogP contribution in [0.15, 0.2) is 36.4 Å². The Morgan fingerprint density at radius 3 is 2.44 bits per heavy atom. The van der Waals surface area contributed by atoms with Crippen LogP contribution >= 0.6 is 22.9 Å². The number of benzene rings is 2. The summed E-state index contributed by atoms with van der Waals surface area (Å²) in [5, 5.41) is 20.3. The zero-order chi connectivity index (χ0) is 12.7. The maximum absolute atomic E-state index is 9.47. The Morgan fingerprint density at radius 2 is 1.72 bits per heavy atom. The van der Waals surface area contributed by atoms with Crippen LogP contribution in [-0.4, -0.2) is 15.2 Å². The molecule has 2 N–H and O–H groups in total. The van der Waals surface area contributed by atoms with Gasteiger partial charge in [-0.25, -0.2) is 4.98 Å². The summed E-state index contributed by atoms with van der Waals surface area (Å²) in [6, 6.07) is 9.93. The van der Waals surface area contributed by atoms with Crippen molar-refractivity contribution in [2.45, 2.75) is 0 Å². The highest BCUT2D eigenvalue weighted by Crippen LogP contribution is 2.34. The van der Waals surface area contributed by atoms with Gasteiger partial charge in [-0.1, -0.05) is 11.6 Å². The van der Waals surface area contributed by atoms with Crippen molar-refractivity contribution in [2.75, 3.05) is 0 Å². The van der Waals surface area contributed by atoms with E-state index in [1.807, 2.05) is 12.1 Å². The molecule has 1 heterocycles. The number of aromatic nitrogens is 1. The van der Waals surface area contributed by atoms with Gasteiger partial charge in [0, 0.05) is 16.7 Å². The van der Waals surface area contributed by atoms with E-state index in [0.29, 0.717) is 10.6 Å². The molecule has 3 aromatic rings.